The molecule has 5 nitrogen and oxygen atoms in total. The minimum Gasteiger partial charge on any atom is -0.338 e. The lowest BCUT2D eigenvalue weighted by Gasteiger charge is -2.30. The van der Waals surface area contributed by atoms with E-state index in [0.29, 0.717) is 29.9 Å². The summed E-state index contributed by atoms with van der Waals surface area (Å²) in [5.41, 5.74) is 7.50. The Labute approximate surface area is 153 Å². The van der Waals surface area contributed by atoms with Crippen LogP contribution in [0.4, 0.5) is 5.69 Å². The first-order valence-electron chi connectivity index (χ1n) is 8.15. The van der Waals surface area contributed by atoms with Crippen LogP contribution in [-0.2, 0) is 0 Å². The van der Waals surface area contributed by atoms with Gasteiger partial charge in [0.15, 0.2) is 0 Å². The van der Waals surface area contributed by atoms with Gasteiger partial charge in [-0.05, 0) is 37.1 Å². The molecule has 0 radical (unpaired) electrons. The van der Waals surface area contributed by atoms with E-state index in [1.165, 1.54) is 0 Å². The highest BCUT2D eigenvalue weighted by Crippen LogP contribution is 2.20. The van der Waals surface area contributed by atoms with Crippen molar-refractivity contribution in [2.45, 2.75) is 18.9 Å². The Morgan fingerprint density at radius 2 is 1.56 bits per heavy atom. The van der Waals surface area contributed by atoms with Crippen LogP contribution in [0, 0.1) is 0 Å². The Kier molecular flexibility index (Phi) is 6.56. The molecule has 3 rings (SSSR count). The van der Waals surface area contributed by atoms with Gasteiger partial charge in [0.1, 0.15) is 0 Å². The first kappa shape index (κ1) is 19.0. The molecule has 1 fully saturated rings. The van der Waals surface area contributed by atoms with E-state index in [0.717, 1.165) is 12.8 Å². The predicted molar refractivity (Wildman–Crippen MR) is 101 cm³/mol. The minimum absolute atomic E-state index is 0. The van der Waals surface area contributed by atoms with Crippen LogP contribution in [0.3, 0.4) is 0 Å². The number of hydrogen-bond acceptors (Lipinski definition) is 3. The Bertz CT molecular complexity index is 728. The van der Waals surface area contributed by atoms with Gasteiger partial charge < -0.3 is 16.0 Å². The highest BCUT2D eigenvalue weighted by molar-refractivity contribution is 6.09. The van der Waals surface area contributed by atoms with Crippen LogP contribution in [0.25, 0.3) is 0 Å². The first-order chi connectivity index (χ1) is 11.6. The molecule has 6 heteroatoms. The van der Waals surface area contributed by atoms with E-state index in [-0.39, 0.29) is 30.3 Å². The minimum atomic E-state index is -0.225. The molecule has 3 N–H and O–H groups in total. The Hall–Kier alpha value is -2.37. The predicted octanol–water partition coefficient (Wildman–Crippen LogP) is 2.92. The molecule has 0 spiro atoms. The third-order valence-corrected chi connectivity index (χ3v) is 4.27. The maximum Gasteiger partial charge on any atom is 0.255 e. The zero-order chi connectivity index (χ0) is 16.9. The number of benzene rings is 2. The number of rotatable bonds is 3. The lowest BCUT2D eigenvalue weighted by atomic mass is 10.0. The largest absolute Gasteiger partial charge is 0.338 e. The van der Waals surface area contributed by atoms with Crippen molar-refractivity contribution in [1.82, 2.24) is 4.90 Å². The summed E-state index contributed by atoms with van der Waals surface area (Å²) in [4.78, 5) is 26.9. The highest BCUT2D eigenvalue weighted by atomic mass is 35.5. The molecule has 0 saturated carbocycles. The summed E-state index contributed by atoms with van der Waals surface area (Å²) >= 11 is 0. The number of amides is 2. The van der Waals surface area contributed by atoms with E-state index < -0.39 is 0 Å². The van der Waals surface area contributed by atoms with Gasteiger partial charge in [-0.1, -0.05) is 30.3 Å². The van der Waals surface area contributed by atoms with Crippen molar-refractivity contribution in [1.29, 1.82) is 0 Å². The number of piperidine rings is 1. The van der Waals surface area contributed by atoms with Crippen molar-refractivity contribution < 1.29 is 9.59 Å². The van der Waals surface area contributed by atoms with Crippen LogP contribution in [0.5, 0.6) is 0 Å². The second-order valence-corrected chi connectivity index (χ2v) is 6.00. The number of para-hydroxylation sites is 1. The van der Waals surface area contributed by atoms with E-state index in [2.05, 4.69) is 5.32 Å². The molecule has 2 aromatic carbocycles. The third-order valence-electron chi connectivity index (χ3n) is 4.27. The molecule has 0 unspecified atom stereocenters. The average molecular weight is 360 g/mol. The molecule has 0 bridgehead atoms. The Morgan fingerprint density at radius 1 is 0.960 bits per heavy atom. The lowest BCUT2D eigenvalue weighted by Crippen LogP contribution is -2.43. The summed E-state index contributed by atoms with van der Waals surface area (Å²) < 4.78 is 0. The summed E-state index contributed by atoms with van der Waals surface area (Å²) in [6, 6.07) is 16.2. The lowest BCUT2D eigenvalue weighted by molar-refractivity contribution is 0.0716. The van der Waals surface area contributed by atoms with Crippen LogP contribution in [-0.4, -0.2) is 35.8 Å². The summed E-state index contributed by atoms with van der Waals surface area (Å²) in [6.07, 6.45) is 1.62. The molecule has 132 valence electrons. The molecule has 25 heavy (non-hydrogen) atoms. The highest BCUT2D eigenvalue weighted by Gasteiger charge is 2.23. The van der Waals surface area contributed by atoms with Gasteiger partial charge in [-0.2, -0.15) is 0 Å². The molecule has 0 atom stereocenters. The summed E-state index contributed by atoms with van der Waals surface area (Å²) in [5.74, 6) is -0.289. The topological polar surface area (TPSA) is 75.4 Å². The number of anilines is 1. The fourth-order valence-corrected chi connectivity index (χ4v) is 2.84. The zero-order valence-electron chi connectivity index (χ0n) is 13.9. The second-order valence-electron chi connectivity index (χ2n) is 6.00. The molecule has 1 saturated heterocycles. The number of carbonyl (C=O) groups excluding carboxylic acids is 2. The SMILES string of the molecule is Cl.NC1CCN(C(=O)c2ccccc2NC(=O)c2ccccc2)CC1. The molecule has 1 heterocycles. The van der Waals surface area contributed by atoms with Crippen LogP contribution < -0.4 is 11.1 Å². The van der Waals surface area contributed by atoms with Crippen LogP contribution in [0.2, 0.25) is 0 Å². The summed E-state index contributed by atoms with van der Waals surface area (Å²) in [7, 11) is 0. The molecule has 1 aliphatic heterocycles. The van der Waals surface area contributed by atoms with Crippen molar-refractivity contribution in [2.24, 2.45) is 5.73 Å². The third kappa shape index (κ3) is 4.59. The number of hydrogen-bond donors (Lipinski definition) is 2. The number of likely N-dealkylation sites (tertiary alicyclic amines) is 1. The summed E-state index contributed by atoms with van der Waals surface area (Å²) in [6.45, 7) is 1.31. The summed E-state index contributed by atoms with van der Waals surface area (Å²) in [5, 5.41) is 2.84. The number of carbonyl (C=O) groups is 2. The molecule has 2 amide bonds. The molecule has 0 aromatic heterocycles. The molecule has 1 aliphatic rings. The number of nitrogens with two attached hydrogens (primary N) is 1. The van der Waals surface area contributed by atoms with Gasteiger partial charge in [0, 0.05) is 24.7 Å². The van der Waals surface area contributed by atoms with Crippen LogP contribution >= 0.6 is 12.4 Å². The number of nitrogens with zero attached hydrogens (tertiary/aromatic N) is 1. The van der Waals surface area contributed by atoms with Gasteiger partial charge in [-0.3, -0.25) is 9.59 Å². The fourth-order valence-electron chi connectivity index (χ4n) is 2.84. The van der Waals surface area contributed by atoms with Gasteiger partial charge in [0.2, 0.25) is 0 Å². The maximum absolute atomic E-state index is 12.8. The number of nitrogens with one attached hydrogen (secondary N) is 1. The number of halogens is 1. The van der Waals surface area contributed by atoms with Crippen molar-refractivity contribution >= 4 is 29.9 Å². The van der Waals surface area contributed by atoms with Crippen LogP contribution in [0.1, 0.15) is 33.6 Å². The smallest absolute Gasteiger partial charge is 0.255 e. The van der Waals surface area contributed by atoms with E-state index in [1.54, 1.807) is 35.2 Å². The monoisotopic (exact) mass is 359 g/mol. The van der Waals surface area contributed by atoms with Gasteiger partial charge in [0.05, 0.1) is 11.3 Å². The van der Waals surface area contributed by atoms with Gasteiger partial charge >= 0.3 is 0 Å². The Morgan fingerprint density at radius 3 is 2.24 bits per heavy atom. The standard InChI is InChI=1S/C19H21N3O2.ClH/c20-15-10-12-22(13-11-15)19(24)16-8-4-5-9-17(16)21-18(23)14-6-2-1-3-7-14;/h1-9,15H,10-13,20H2,(H,21,23);1H. The van der Waals surface area contributed by atoms with Gasteiger partial charge in [-0.15, -0.1) is 12.4 Å². The van der Waals surface area contributed by atoms with E-state index >= 15 is 0 Å². The molecule has 2 aromatic rings. The molecular formula is C19H22ClN3O2. The second kappa shape index (κ2) is 8.65. The van der Waals surface area contributed by atoms with E-state index in [4.69, 9.17) is 5.73 Å². The van der Waals surface area contributed by atoms with Gasteiger partial charge in [0.25, 0.3) is 11.8 Å². The van der Waals surface area contributed by atoms with Crippen LogP contribution in [0.15, 0.2) is 54.6 Å². The fraction of sp³-hybridized carbons (Fsp3) is 0.263. The zero-order valence-corrected chi connectivity index (χ0v) is 14.7. The maximum atomic E-state index is 12.8. The van der Waals surface area contributed by atoms with E-state index in [9.17, 15) is 9.59 Å². The molecular weight excluding hydrogens is 338 g/mol. The quantitative estimate of drug-likeness (QED) is 0.884. The Balaban J connectivity index is 0.00000225. The van der Waals surface area contributed by atoms with E-state index in [1.807, 2.05) is 24.3 Å². The normalized spacial score (nSPS) is 14.5. The van der Waals surface area contributed by atoms with Crippen molar-refractivity contribution in [2.75, 3.05) is 18.4 Å². The molecule has 0 aliphatic carbocycles. The van der Waals surface area contributed by atoms with Gasteiger partial charge in [-0.25, -0.2) is 0 Å². The van der Waals surface area contributed by atoms with Crippen molar-refractivity contribution in [3.63, 3.8) is 0 Å². The van der Waals surface area contributed by atoms with Crippen molar-refractivity contribution in [3.8, 4) is 0 Å². The van der Waals surface area contributed by atoms with Crippen molar-refractivity contribution in [3.05, 3.63) is 65.7 Å². The first-order valence-corrected chi connectivity index (χ1v) is 8.15. The average Bonchev–Trinajstić information content (AvgIpc) is 2.63.